The minimum atomic E-state index is 0.0531. The van der Waals surface area contributed by atoms with Gasteiger partial charge in [-0.15, -0.1) is 0 Å². The Balaban J connectivity index is 2.07. The maximum atomic E-state index is 12.4. The number of hydrogen-bond acceptors (Lipinski definition) is 2. The van der Waals surface area contributed by atoms with Crippen molar-refractivity contribution >= 4 is 21.7 Å². The molecule has 2 nitrogen and oxygen atoms in total. The highest BCUT2D eigenvalue weighted by molar-refractivity contribution is 9.10. The first-order valence-electron chi connectivity index (χ1n) is 6.71. The van der Waals surface area contributed by atoms with Crippen molar-refractivity contribution in [2.75, 3.05) is 6.54 Å². The molecule has 0 spiro atoms. The van der Waals surface area contributed by atoms with Crippen LogP contribution < -0.4 is 5.32 Å². The van der Waals surface area contributed by atoms with Gasteiger partial charge in [0.15, 0.2) is 5.78 Å². The molecule has 1 aromatic carbocycles. The van der Waals surface area contributed by atoms with E-state index in [9.17, 15) is 4.79 Å². The number of benzene rings is 1. The summed E-state index contributed by atoms with van der Waals surface area (Å²) in [5.41, 5.74) is 0.808. The fraction of sp³-hybridized carbons (Fsp3) is 0.533. The predicted octanol–water partition coefficient (Wildman–Crippen LogP) is 3.80. The fourth-order valence-corrected chi connectivity index (χ4v) is 2.97. The highest BCUT2D eigenvalue weighted by atomic mass is 79.9. The molecular weight excluding hydrogens is 290 g/mol. The molecule has 2 atom stereocenters. The molecule has 1 heterocycles. The Labute approximate surface area is 117 Å². The van der Waals surface area contributed by atoms with Gasteiger partial charge in [0.05, 0.1) is 0 Å². The van der Waals surface area contributed by atoms with Gasteiger partial charge >= 0.3 is 0 Å². The summed E-state index contributed by atoms with van der Waals surface area (Å²) in [4.78, 5) is 12.4. The lowest BCUT2D eigenvalue weighted by Gasteiger charge is -2.22. The van der Waals surface area contributed by atoms with Crippen molar-refractivity contribution in [3.8, 4) is 0 Å². The molecule has 1 fully saturated rings. The van der Waals surface area contributed by atoms with Gasteiger partial charge in [-0.1, -0.05) is 47.8 Å². The fourth-order valence-electron chi connectivity index (χ4n) is 2.57. The third kappa shape index (κ3) is 3.42. The van der Waals surface area contributed by atoms with Gasteiger partial charge < -0.3 is 5.32 Å². The Bertz CT molecular complexity index is 411. The van der Waals surface area contributed by atoms with Crippen molar-refractivity contribution < 1.29 is 4.79 Å². The first-order chi connectivity index (χ1) is 8.68. The van der Waals surface area contributed by atoms with E-state index in [0.717, 1.165) is 23.0 Å². The number of ketones is 1. The first-order valence-corrected chi connectivity index (χ1v) is 7.51. The Hall–Kier alpha value is -0.670. The molecule has 1 aliphatic rings. The first kappa shape index (κ1) is 13.8. The molecular formula is C15H20BrNO. The minimum Gasteiger partial charge on any atom is -0.313 e. The van der Waals surface area contributed by atoms with E-state index in [1.54, 1.807) is 0 Å². The summed E-state index contributed by atoms with van der Waals surface area (Å²) < 4.78 is 0.967. The van der Waals surface area contributed by atoms with Crippen LogP contribution in [0.15, 0.2) is 28.7 Å². The van der Waals surface area contributed by atoms with Gasteiger partial charge in [-0.2, -0.15) is 0 Å². The van der Waals surface area contributed by atoms with Gasteiger partial charge in [0.25, 0.3) is 0 Å². The summed E-state index contributed by atoms with van der Waals surface area (Å²) >= 11 is 3.42. The number of Topliss-reactive ketones (excluding diaryl/α,β-unsaturated/α-hetero) is 1. The lowest BCUT2D eigenvalue weighted by atomic mass is 9.90. The number of rotatable bonds is 3. The molecule has 1 aliphatic heterocycles. The molecule has 0 radical (unpaired) electrons. The average Bonchev–Trinajstić information content (AvgIpc) is 2.66. The van der Waals surface area contributed by atoms with Crippen LogP contribution in [0.3, 0.4) is 0 Å². The third-order valence-corrected chi connectivity index (χ3v) is 4.22. The summed E-state index contributed by atoms with van der Waals surface area (Å²) in [5.74, 6) is 0.299. The molecule has 0 amide bonds. The van der Waals surface area contributed by atoms with Crippen LogP contribution in [0.5, 0.6) is 0 Å². The predicted molar refractivity (Wildman–Crippen MR) is 77.9 cm³/mol. The summed E-state index contributed by atoms with van der Waals surface area (Å²) in [7, 11) is 0. The van der Waals surface area contributed by atoms with Gasteiger partial charge in [0.2, 0.25) is 0 Å². The van der Waals surface area contributed by atoms with E-state index in [1.807, 2.05) is 31.2 Å². The molecule has 1 saturated heterocycles. The van der Waals surface area contributed by atoms with Crippen LogP contribution in [0.25, 0.3) is 0 Å². The van der Waals surface area contributed by atoms with Gasteiger partial charge in [0, 0.05) is 22.0 Å². The van der Waals surface area contributed by atoms with Crippen LogP contribution in [0.4, 0.5) is 0 Å². The van der Waals surface area contributed by atoms with E-state index in [4.69, 9.17) is 0 Å². The van der Waals surface area contributed by atoms with E-state index >= 15 is 0 Å². The van der Waals surface area contributed by atoms with E-state index in [0.29, 0.717) is 6.04 Å². The summed E-state index contributed by atoms with van der Waals surface area (Å²) in [6.45, 7) is 3.09. The van der Waals surface area contributed by atoms with Gasteiger partial charge in [-0.3, -0.25) is 4.79 Å². The molecule has 18 heavy (non-hydrogen) atoms. The van der Waals surface area contributed by atoms with Gasteiger partial charge in [0.1, 0.15) is 0 Å². The zero-order valence-electron chi connectivity index (χ0n) is 10.8. The zero-order chi connectivity index (χ0) is 13.0. The summed E-state index contributed by atoms with van der Waals surface area (Å²) in [6.07, 6.45) is 4.85. The third-order valence-electron chi connectivity index (χ3n) is 3.72. The minimum absolute atomic E-state index is 0.0531. The second-order valence-electron chi connectivity index (χ2n) is 5.07. The van der Waals surface area contributed by atoms with Crippen LogP contribution >= 0.6 is 15.9 Å². The van der Waals surface area contributed by atoms with Crippen LogP contribution in [0.2, 0.25) is 0 Å². The highest BCUT2D eigenvalue weighted by Gasteiger charge is 2.25. The van der Waals surface area contributed by atoms with Crippen molar-refractivity contribution in [2.24, 2.45) is 5.92 Å². The molecule has 0 saturated carbocycles. The second kappa shape index (κ2) is 6.48. The maximum absolute atomic E-state index is 12.4. The molecule has 0 bridgehead atoms. The Morgan fingerprint density at radius 2 is 2.22 bits per heavy atom. The standard InChI is InChI=1S/C15H20BrNO/c1-11(14-8-3-2-4-9-17-14)15(18)12-6-5-7-13(16)10-12/h5-7,10-11,14,17H,2-4,8-9H2,1H3. The van der Waals surface area contributed by atoms with E-state index in [2.05, 4.69) is 21.2 Å². The van der Waals surface area contributed by atoms with Crippen molar-refractivity contribution in [3.63, 3.8) is 0 Å². The summed E-state index contributed by atoms with van der Waals surface area (Å²) in [5, 5.41) is 3.51. The molecule has 2 rings (SSSR count). The normalized spacial score (nSPS) is 22.2. The molecule has 0 aromatic heterocycles. The van der Waals surface area contributed by atoms with E-state index in [-0.39, 0.29) is 11.7 Å². The SMILES string of the molecule is CC(C(=O)c1cccc(Br)c1)C1CCCCCN1. The maximum Gasteiger partial charge on any atom is 0.167 e. The van der Waals surface area contributed by atoms with Crippen LogP contribution in [0, 0.1) is 5.92 Å². The lowest BCUT2D eigenvalue weighted by Crippen LogP contribution is -2.38. The molecule has 3 heteroatoms. The summed E-state index contributed by atoms with van der Waals surface area (Å²) in [6, 6.07) is 8.02. The van der Waals surface area contributed by atoms with Crippen molar-refractivity contribution in [1.82, 2.24) is 5.32 Å². The number of nitrogens with one attached hydrogen (secondary N) is 1. The molecule has 2 unspecified atom stereocenters. The topological polar surface area (TPSA) is 29.1 Å². The van der Waals surface area contributed by atoms with Crippen LogP contribution in [-0.4, -0.2) is 18.4 Å². The average molecular weight is 310 g/mol. The molecule has 1 N–H and O–H groups in total. The van der Waals surface area contributed by atoms with Crippen LogP contribution in [0.1, 0.15) is 43.0 Å². The Kier molecular flexibility index (Phi) is 4.95. The Morgan fingerprint density at radius 3 is 3.00 bits per heavy atom. The molecule has 98 valence electrons. The van der Waals surface area contributed by atoms with E-state index < -0.39 is 0 Å². The number of hydrogen-bond donors (Lipinski definition) is 1. The largest absolute Gasteiger partial charge is 0.313 e. The van der Waals surface area contributed by atoms with Crippen LogP contribution in [-0.2, 0) is 0 Å². The molecule has 1 aromatic rings. The number of carbonyl (C=O) groups excluding carboxylic acids is 1. The van der Waals surface area contributed by atoms with Crippen molar-refractivity contribution in [3.05, 3.63) is 34.3 Å². The van der Waals surface area contributed by atoms with Crippen molar-refractivity contribution in [1.29, 1.82) is 0 Å². The quantitative estimate of drug-likeness (QED) is 0.860. The van der Waals surface area contributed by atoms with Gasteiger partial charge in [-0.25, -0.2) is 0 Å². The lowest BCUT2D eigenvalue weighted by molar-refractivity contribution is 0.0900. The monoisotopic (exact) mass is 309 g/mol. The van der Waals surface area contributed by atoms with E-state index in [1.165, 1.54) is 19.3 Å². The zero-order valence-corrected chi connectivity index (χ0v) is 12.4. The Morgan fingerprint density at radius 1 is 1.39 bits per heavy atom. The second-order valence-corrected chi connectivity index (χ2v) is 5.99. The number of carbonyl (C=O) groups is 1. The number of halogens is 1. The van der Waals surface area contributed by atoms with Gasteiger partial charge in [-0.05, 0) is 31.5 Å². The smallest absolute Gasteiger partial charge is 0.167 e. The van der Waals surface area contributed by atoms with Crippen molar-refractivity contribution in [2.45, 2.75) is 38.6 Å². The highest BCUT2D eigenvalue weighted by Crippen LogP contribution is 2.21. The molecule has 0 aliphatic carbocycles.